The van der Waals surface area contributed by atoms with Crippen molar-refractivity contribution >= 4 is 24.9 Å². The summed E-state index contributed by atoms with van der Waals surface area (Å²) in [5, 5.41) is 11.8. The van der Waals surface area contributed by atoms with E-state index in [0.29, 0.717) is 24.0 Å². The number of ether oxygens (including phenoxy) is 2. The second-order valence-corrected chi connectivity index (χ2v) is 13.5. The highest BCUT2D eigenvalue weighted by molar-refractivity contribution is 7.34. The van der Waals surface area contributed by atoms with Crippen LogP contribution in [0.15, 0.2) is 95.8 Å². The Hall–Kier alpha value is -3.85. The molecule has 0 aliphatic rings. The number of unbranched alkanes of at least 4 members (excludes halogenated alkanes) is 5. The van der Waals surface area contributed by atoms with Crippen LogP contribution in [0.4, 0.5) is 0 Å². The second kappa shape index (κ2) is 20.0. The van der Waals surface area contributed by atoms with E-state index in [1.165, 1.54) is 44.1 Å². The summed E-state index contributed by atoms with van der Waals surface area (Å²) >= 11 is 0. The van der Waals surface area contributed by atoms with Gasteiger partial charge in [0, 0.05) is 10.2 Å². The van der Waals surface area contributed by atoms with Gasteiger partial charge in [-0.1, -0.05) is 124 Å². The van der Waals surface area contributed by atoms with Crippen LogP contribution in [-0.4, -0.2) is 35.9 Å². The van der Waals surface area contributed by atoms with Gasteiger partial charge < -0.3 is 25.2 Å². The third-order valence-corrected chi connectivity index (χ3v) is 9.12. The van der Waals surface area contributed by atoms with Gasteiger partial charge in [0.2, 0.25) is 5.75 Å². The molecule has 0 spiro atoms. The average Bonchev–Trinajstić information content (AvgIpc) is 3.14. The number of hydrogen-bond acceptors (Lipinski definition) is 8. The number of esters is 1. The minimum Gasteiger partial charge on any atom is -0.574 e. The Morgan fingerprint density at radius 3 is 2.31 bits per heavy atom. The SMILES string of the molecule is CCCCCCCCc1ccc(CC[C@@](N)(CO)COc2ccc3ccccc3c2O/[P+]([O-])=N\N[C@H](C)C(=O)OCc2ccccc2)cc1. The molecule has 0 fully saturated rings. The maximum Gasteiger partial charge on any atom is 0.412 e. The molecule has 0 aliphatic carbocycles. The van der Waals surface area contributed by atoms with Gasteiger partial charge in [0.1, 0.15) is 19.3 Å². The van der Waals surface area contributed by atoms with Gasteiger partial charge in [-0.2, -0.15) is 5.43 Å². The van der Waals surface area contributed by atoms with Gasteiger partial charge in [-0.25, -0.2) is 0 Å². The minimum absolute atomic E-state index is 0.00474. The molecule has 0 radical (unpaired) electrons. The van der Waals surface area contributed by atoms with E-state index in [1.54, 1.807) is 13.0 Å². The van der Waals surface area contributed by atoms with Crippen LogP contribution in [0.5, 0.6) is 11.5 Å². The Morgan fingerprint density at radius 1 is 0.898 bits per heavy atom. The first-order valence-corrected chi connectivity index (χ1v) is 18.4. The first kappa shape index (κ1) is 38.0. The number of carbonyl (C=O) groups is 1. The van der Waals surface area contributed by atoms with E-state index in [0.717, 1.165) is 22.9 Å². The summed E-state index contributed by atoms with van der Waals surface area (Å²) in [6.07, 6.45) is 9.95. The van der Waals surface area contributed by atoms with Gasteiger partial charge in [-0.05, 0) is 60.7 Å². The molecule has 49 heavy (non-hydrogen) atoms. The van der Waals surface area contributed by atoms with Crippen LogP contribution in [0.1, 0.15) is 75.5 Å². The number of nitrogens with one attached hydrogen (secondary N) is 1. The van der Waals surface area contributed by atoms with E-state index >= 15 is 0 Å². The van der Waals surface area contributed by atoms with E-state index in [9.17, 15) is 14.8 Å². The first-order valence-electron chi connectivity index (χ1n) is 17.2. The minimum atomic E-state index is -2.65. The Bertz CT molecular complexity index is 1620. The highest BCUT2D eigenvalue weighted by atomic mass is 31.1. The maximum atomic E-state index is 13.0. The van der Waals surface area contributed by atoms with Crippen molar-refractivity contribution < 1.29 is 28.8 Å². The van der Waals surface area contributed by atoms with Crippen LogP contribution in [0, 0.1) is 0 Å². The van der Waals surface area contributed by atoms with Crippen LogP contribution >= 0.6 is 8.17 Å². The van der Waals surface area contributed by atoms with Crippen molar-refractivity contribution in [2.45, 2.75) is 89.8 Å². The molecule has 4 aromatic rings. The summed E-state index contributed by atoms with van der Waals surface area (Å²) < 4.78 is 17.3. The van der Waals surface area contributed by atoms with Gasteiger partial charge in [-0.3, -0.25) is 9.32 Å². The summed E-state index contributed by atoms with van der Waals surface area (Å²) in [7, 11) is -2.65. The van der Waals surface area contributed by atoms with E-state index in [2.05, 4.69) is 41.5 Å². The Labute approximate surface area is 291 Å². The van der Waals surface area contributed by atoms with Crippen LogP contribution in [-0.2, 0) is 29.0 Å². The van der Waals surface area contributed by atoms with Crippen molar-refractivity contribution in [1.29, 1.82) is 0 Å². The molecule has 0 aromatic heterocycles. The lowest BCUT2D eigenvalue weighted by Gasteiger charge is -2.27. The molecule has 10 heteroatoms. The van der Waals surface area contributed by atoms with E-state index in [-0.39, 0.29) is 25.6 Å². The fraction of sp³-hybridized carbons (Fsp3) is 0.410. The van der Waals surface area contributed by atoms with Crippen LogP contribution in [0.2, 0.25) is 0 Å². The van der Waals surface area contributed by atoms with Crippen LogP contribution < -0.4 is 25.3 Å². The highest BCUT2D eigenvalue weighted by Crippen LogP contribution is 2.40. The highest BCUT2D eigenvalue weighted by Gasteiger charge is 2.27. The molecule has 0 heterocycles. The van der Waals surface area contributed by atoms with E-state index in [4.69, 9.17) is 19.7 Å². The molecule has 3 atom stereocenters. The van der Waals surface area contributed by atoms with Crippen molar-refractivity contribution in [1.82, 2.24) is 5.43 Å². The van der Waals surface area contributed by atoms with Crippen molar-refractivity contribution in [2.24, 2.45) is 10.6 Å². The number of carbonyl (C=O) groups excluding carboxylic acids is 1. The molecule has 4 N–H and O–H groups in total. The predicted octanol–water partition coefficient (Wildman–Crippen LogP) is 7.32. The monoisotopic (exact) mass is 687 g/mol. The normalized spacial score (nSPS) is 13.5. The lowest BCUT2D eigenvalue weighted by molar-refractivity contribution is -0.169. The molecule has 0 saturated heterocycles. The number of rotatable bonds is 21. The van der Waals surface area contributed by atoms with Crippen LogP contribution in [0.3, 0.4) is 0 Å². The molecule has 1 unspecified atom stereocenters. The molecule has 0 amide bonds. The average molecular weight is 688 g/mol. The molecule has 4 rings (SSSR count). The summed E-state index contributed by atoms with van der Waals surface area (Å²) in [4.78, 5) is 29.3. The number of benzene rings is 4. The van der Waals surface area contributed by atoms with Gasteiger partial charge in [0.15, 0.2) is 5.75 Å². The standard InChI is InChI=1S/C39H50N3O6P/c1-3-4-5-6-7-9-14-31-19-21-32(22-20-31)25-26-39(40,28-43)29-47-36-24-23-34-17-12-13-18-35(34)37(36)48-49(45)42-41-30(2)38(44)46-27-33-15-10-8-11-16-33/h8,10-13,15-24,30,41,43H,3-7,9,14,25-29,40H2,1-2H3/t30-,39-/m1/s1. The van der Waals surface area contributed by atoms with Gasteiger partial charge in [-0.15, -0.1) is 0 Å². The number of hydrogen-bond donors (Lipinski definition) is 3. The summed E-state index contributed by atoms with van der Waals surface area (Å²) in [6, 6.07) is 28.2. The fourth-order valence-corrected chi connectivity index (χ4v) is 6.02. The topological polar surface area (TPSA) is 138 Å². The molecule has 262 valence electrons. The van der Waals surface area contributed by atoms with Crippen molar-refractivity contribution in [3.05, 3.63) is 108 Å². The molecule has 0 saturated carbocycles. The predicted molar refractivity (Wildman–Crippen MR) is 194 cm³/mol. The first-order chi connectivity index (χ1) is 23.8. The molecule has 9 nitrogen and oxygen atoms in total. The third kappa shape index (κ3) is 12.5. The molecular formula is C39H50N3O6P. The van der Waals surface area contributed by atoms with Crippen molar-refractivity contribution in [3.63, 3.8) is 0 Å². The summed E-state index contributed by atoms with van der Waals surface area (Å²) in [6.45, 7) is 3.64. The zero-order chi connectivity index (χ0) is 34.9. The van der Waals surface area contributed by atoms with Crippen LogP contribution in [0.25, 0.3) is 10.8 Å². The Morgan fingerprint density at radius 2 is 1.57 bits per heavy atom. The number of aliphatic hydroxyl groups excluding tert-OH is 1. The van der Waals surface area contributed by atoms with Gasteiger partial charge in [0.25, 0.3) is 0 Å². The van der Waals surface area contributed by atoms with Gasteiger partial charge >= 0.3 is 14.1 Å². The van der Waals surface area contributed by atoms with E-state index in [1.807, 2.05) is 60.7 Å². The second-order valence-electron chi connectivity index (χ2n) is 12.6. The number of aryl methyl sites for hydroxylation is 2. The Kier molecular flexibility index (Phi) is 15.5. The maximum absolute atomic E-state index is 13.0. The third-order valence-electron chi connectivity index (χ3n) is 8.51. The zero-order valence-corrected chi connectivity index (χ0v) is 29.6. The van der Waals surface area contributed by atoms with E-state index < -0.39 is 25.7 Å². The molecule has 4 aromatic carbocycles. The zero-order valence-electron chi connectivity index (χ0n) is 28.7. The van der Waals surface area contributed by atoms with Crippen molar-refractivity contribution in [3.8, 4) is 11.5 Å². The number of fused-ring (bicyclic) bond motifs is 1. The molecular weight excluding hydrogens is 637 g/mol. The summed E-state index contributed by atoms with van der Waals surface area (Å²) in [5.74, 6) is -0.00205. The lowest BCUT2D eigenvalue weighted by atomic mass is 9.93. The largest absolute Gasteiger partial charge is 0.574 e. The number of nitrogens with zero attached hydrogens (tertiary/aromatic N) is 1. The number of aliphatic hydroxyl groups is 1. The smallest absolute Gasteiger partial charge is 0.412 e. The quantitative estimate of drug-likeness (QED) is 0.0359. The number of nitrogens with two attached hydrogens (primary N) is 1. The Balaban J connectivity index is 1.34. The summed E-state index contributed by atoms with van der Waals surface area (Å²) in [5.41, 5.74) is 11.5. The lowest BCUT2D eigenvalue weighted by Crippen LogP contribution is -2.49. The van der Waals surface area contributed by atoms with Crippen molar-refractivity contribution in [2.75, 3.05) is 13.2 Å². The fourth-order valence-electron chi connectivity index (χ4n) is 5.36. The molecule has 0 bridgehead atoms. The molecule has 0 aliphatic heterocycles. The van der Waals surface area contributed by atoms with Gasteiger partial charge in [0.05, 0.1) is 12.1 Å².